The molecule has 0 radical (unpaired) electrons. The van der Waals surface area contributed by atoms with E-state index in [1.165, 1.54) is 25.3 Å². The highest BCUT2D eigenvalue weighted by Crippen LogP contribution is 2.31. The molecule has 4 heteroatoms. The smallest absolute Gasteiger partial charge is 0.165 e. The van der Waals surface area contributed by atoms with Gasteiger partial charge in [-0.1, -0.05) is 30.3 Å². The second-order valence-corrected chi connectivity index (χ2v) is 6.40. The molecule has 1 aliphatic carbocycles. The summed E-state index contributed by atoms with van der Waals surface area (Å²) in [6, 6.07) is 15.6. The van der Waals surface area contributed by atoms with Gasteiger partial charge in [0.1, 0.15) is 6.61 Å². The Balaban J connectivity index is 1.44. The summed E-state index contributed by atoms with van der Waals surface area (Å²) in [5.74, 6) is -0.0273. The molecule has 2 aliphatic rings. The molecule has 2 aromatic rings. The largest absolute Gasteiger partial charge is 0.486 e. The summed E-state index contributed by atoms with van der Waals surface area (Å²) in [4.78, 5) is 4.49. The molecule has 124 valence electrons. The van der Waals surface area contributed by atoms with Crippen molar-refractivity contribution in [3.8, 4) is 5.75 Å². The van der Waals surface area contributed by atoms with E-state index in [9.17, 15) is 4.39 Å². The lowest BCUT2D eigenvalue weighted by molar-refractivity contribution is 0.197. The van der Waals surface area contributed by atoms with Crippen molar-refractivity contribution in [3.63, 3.8) is 0 Å². The Morgan fingerprint density at radius 2 is 1.88 bits per heavy atom. The standard InChI is InChI=1S/C20H21FN2O/c21-19-10-9-18(23-12-11-22(15-23)17-7-4-8-17)13-20(19)24-14-16-5-2-1-3-6-16/h1-3,5-6,9-13,17H,4,7-8,14-15H2. The number of halogens is 1. The van der Waals surface area contributed by atoms with E-state index in [1.807, 2.05) is 30.3 Å². The van der Waals surface area contributed by atoms with Crippen molar-refractivity contribution in [2.24, 2.45) is 0 Å². The van der Waals surface area contributed by atoms with Crippen LogP contribution in [-0.4, -0.2) is 17.6 Å². The normalized spacial score (nSPS) is 17.2. The molecule has 0 saturated heterocycles. The molecule has 2 aromatic carbocycles. The predicted molar refractivity (Wildman–Crippen MR) is 93.1 cm³/mol. The summed E-state index contributed by atoms with van der Waals surface area (Å²) in [7, 11) is 0. The first-order valence-electron chi connectivity index (χ1n) is 8.46. The van der Waals surface area contributed by atoms with Gasteiger partial charge in [-0.25, -0.2) is 4.39 Å². The molecule has 0 spiro atoms. The van der Waals surface area contributed by atoms with E-state index in [-0.39, 0.29) is 5.82 Å². The number of rotatable bonds is 5. The summed E-state index contributed by atoms with van der Waals surface area (Å²) in [5.41, 5.74) is 1.98. The first kappa shape index (κ1) is 15.1. The lowest BCUT2D eigenvalue weighted by Gasteiger charge is -2.35. The van der Waals surface area contributed by atoms with Gasteiger partial charge in [0.15, 0.2) is 11.6 Å². The second kappa shape index (κ2) is 6.56. The Morgan fingerprint density at radius 3 is 2.62 bits per heavy atom. The van der Waals surface area contributed by atoms with E-state index in [0.29, 0.717) is 18.4 Å². The van der Waals surface area contributed by atoms with Gasteiger partial charge in [-0.3, -0.25) is 0 Å². The molecule has 0 atom stereocenters. The van der Waals surface area contributed by atoms with Crippen LogP contribution in [0.25, 0.3) is 0 Å². The quantitative estimate of drug-likeness (QED) is 0.805. The maximum Gasteiger partial charge on any atom is 0.165 e. The molecule has 0 N–H and O–H groups in total. The number of benzene rings is 2. The van der Waals surface area contributed by atoms with Crippen LogP contribution in [0.1, 0.15) is 24.8 Å². The molecule has 1 saturated carbocycles. The Labute approximate surface area is 142 Å². The molecule has 3 nitrogen and oxygen atoms in total. The van der Waals surface area contributed by atoms with Crippen LogP contribution in [0.15, 0.2) is 60.9 Å². The maximum absolute atomic E-state index is 14.1. The Bertz CT molecular complexity index is 728. The molecular weight excluding hydrogens is 303 g/mol. The average molecular weight is 324 g/mol. The monoisotopic (exact) mass is 324 g/mol. The molecule has 0 amide bonds. The summed E-state index contributed by atoms with van der Waals surface area (Å²) in [6.07, 6.45) is 8.06. The van der Waals surface area contributed by atoms with Crippen LogP contribution in [0.3, 0.4) is 0 Å². The lowest BCUT2D eigenvalue weighted by atomic mass is 9.92. The number of hydrogen-bond acceptors (Lipinski definition) is 3. The van der Waals surface area contributed by atoms with Crippen LogP contribution in [0.4, 0.5) is 10.1 Å². The number of ether oxygens (including phenoxy) is 1. The van der Waals surface area contributed by atoms with Crippen LogP contribution in [0.5, 0.6) is 5.75 Å². The summed E-state index contributed by atoms with van der Waals surface area (Å²) < 4.78 is 19.7. The van der Waals surface area contributed by atoms with Crippen molar-refractivity contribution in [1.29, 1.82) is 0 Å². The van der Waals surface area contributed by atoms with Crippen LogP contribution >= 0.6 is 0 Å². The van der Waals surface area contributed by atoms with E-state index in [4.69, 9.17) is 4.74 Å². The Kier molecular flexibility index (Phi) is 4.11. The summed E-state index contributed by atoms with van der Waals surface area (Å²) >= 11 is 0. The van der Waals surface area contributed by atoms with Crippen molar-refractivity contribution in [3.05, 3.63) is 72.3 Å². The lowest BCUT2D eigenvalue weighted by Crippen LogP contribution is -2.38. The molecular formula is C20H21FN2O. The summed E-state index contributed by atoms with van der Waals surface area (Å²) in [6.45, 7) is 1.19. The molecule has 1 fully saturated rings. The minimum atomic E-state index is -0.325. The first-order valence-corrected chi connectivity index (χ1v) is 8.46. The SMILES string of the molecule is Fc1ccc(N2C=CN(C3CCC3)C2)cc1OCc1ccccc1. The second-order valence-electron chi connectivity index (χ2n) is 6.40. The van der Waals surface area contributed by atoms with Crippen LogP contribution in [0.2, 0.25) is 0 Å². The molecule has 0 bridgehead atoms. The third-order valence-corrected chi connectivity index (χ3v) is 4.78. The molecule has 1 aliphatic heterocycles. The third kappa shape index (κ3) is 3.09. The van der Waals surface area contributed by atoms with Gasteiger partial charge in [-0.15, -0.1) is 0 Å². The van der Waals surface area contributed by atoms with E-state index in [1.54, 1.807) is 12.1 Å². The van der Waals surface area contributed by atoms with Gasteiger partial charge < -0.3 is 14.5 Å². The topological polar surface area (TPSA) is 15.7 Å². The van der Waals surface area contributed by atoms with Crippen molar-refractivity contribution in [2.75, 3.05) is 11.6 Å². The summed E-state index contributed by atoms with van der Waals surface area (Å²) in [5, 5.41) is 0. The zero-order valence-electron chi connectivity index (χ0n) is 13.6. The fraction of sp³-hybridized carbons (Fsp3) is 0.300. The van der Waals surface area contributed by atoms with E-state index >= 15 is 0 Å². The third-order valence-electron chi connectivity index (χ3n) is 4.78. The Hall–Kier alpha value is -2.49. The van der Waals surface area contributed by atoms with Gasteiger partial charge in [-0.05, 0) is 37.0 Å². The number of nitrogens with zero attached hydrogens (tertiary/aromatic N) is 2. The minimum absolute atomic E-state index is 0.298. The van der Waals surface area contributed by atoms with Gasteiger partial charge in [0, 0.05) is 30.2 Å². The number of hydrogen-bond donors (Lipinski definition) is 0. The van der Waals surface area contributed by atoms with Crippen LogP contribution in [0, 0.1) is 5.82 Å². The van der Waals surface area contributed by atoms with Crippen LogP contribution < -0.4 is 9.64 Å². The highest BCUT2D eigenvalue weighted by atomic mass is 19.1. The van der Waals surface area contributed by atoms with E-state index in [0.717, 1.165) is 17.9 Å². The van der Waals surface area contributed by atoms with Crippen molar-refractivity contribution >= 4 is 5.69 Å². The molecule has 24 heavy (non-hydrogen) atoms. The van der Waals surface area contributed by atoms with Gasteiger partial charge >= 0.3 is 0 Å². The molecule has 0 unspecified atom stereocenters. The Morgan fingerprint density at radius 1 is 1.04 bits per heavy atom. The molecule has 0 aromatic heterocycles. The minimum Gasteiger partial charge on any atom is -0.486 e. The zero-order valence-corrected chi connectivity index (χ0v) is 13.6. The van der Waals surface area contributed by atoms with Crippen molar-refractivity contribution in [2.45, 2.75) is 31.9 Å². The van der Waals surface area contributed by atoms with Gasteiger partial charge in [0.25, 0.3) is 0 Å². The highest BCUT2D eigenvalue weighted by molar-refractivity contribution is 5.54. The van der Waals surface area contributed by atoms with E-state index in [2.05, 4.69) is 22.2 Å². The van der Waals surface area contributed by atoms with Gasteiger partial charge in [-0.2, -0.15) is 0 Å². The van der Waals surface area contributed by atoms with E-state index < -0.39 is 0 Å². The number of anilines is 1. The molecule has 4 rings (SSSR count). The fourth-order valence-electron chi connectivity index (χ4n) is 3.08. The fourth-order valence-corrected chi connectivity index (χ4v) is 3.08. The van der Waals surface area contributed by atoms with Crippen molar-refractivity contribution < 1.29 is 9.13 Å². The van der Waals surface area contributed by atoms with Gasteiger partial charge in [0.05, 0.1) is 6.67 Å². The first-order chi connectivity index (χ1) is 11.8. The average Bonchev–Trinajstić information content (AvgIpc) is 3.03. The van der Waals surface area contributed by atoms with Crippen molar-refractivity contribution in [1.82, 2.24) is 4.90 Å². The van der Waals surface area contributed by atoms with Crippen LogP contribution in [-0.2, 0) is 6.61 Å². The van der Waals surface area contributed by atoms with Gasteiger partial charge in [0.2, 0.25) is 0 Å². The predicted octanol–water partition coefficient (Wildman–Crippen LogP) is 4.51. The molecule has 1 heterocycles. The highest BCUT2D eigenvalue weighted by Gasteiger charge is 2.26. The zero-order chi connectivity index (χ0) is 16.4. The maximum atomic E-state index is 14.1.